The maximum Gasteiger partial charge on any atom is 0.0436 e. The van der Waals surface area contributed by atoms with Gasteiger partial charge in [0.25, 0.3) is 0 Å². The number of aliphatic hydroxyl groups excluding tert-OH is 1. The van der Waals surface area contributed by atoms with Gasteiger partial charge in [-0.25, -0.2) is 0 Å². The second-order valence-corrected chi connectivity index (χ2v) is 2.45. The minimum absolute atomic E-state index is 0.298. The van der Waals surface area contributed by atoms with Crippen molar-refractivity contribution >= 4 is 0 Å². The Kier molecular flexibility index (Phi) is 4.41. The molecule has 0 spiro atoms. The van der Waals surface area contributed by atoms with Gasteiger partial charge in [0.15, 0.2) is 0 Å². The van der Waals surface area contributed by atoms with Crippen LogP contribution in [-0.2, 0) is 0 Å². The minimum atomic E-state index is 0.298. The first-order chi connectivity index (χ1) is 4.22. The summed E-state index contributed by atoms with van der Waals surface area (Å²) in [7, 11) is 0. The molecule has 0 heterocycles. The van der Waals surface area contributed by atoms with Crippen LogP contribution in [0.2, 0.25) is 0 Å². The Morgan fingerprint density at radius 1 is 1.67 bits per heavy atom. The van der Waals surface area contributed by atoms with Gasteiger partial charge >= 0.3 is 0 Å². The lowest BCUT2D eigenvalue weighted by Gasteiger charge is -2.08. The van der Waals surface area contributed by atoms with Gasteiger partial charge in [0.1, 0.15) is 0 Å². The molecule has 0 radical (unpaired) electrons. The van der Waals surface area contributed by atoms with Crippen LogP contribution in [0.15, 0.2) is 11.6 Å². The fraction of sp³-hybridized carbons (Fsp3) is 0.750. The first-order valence-corrected chi connectivity index (χ1v) is 3.46. The van der Waals surface area contributed by atoms with Crippen LogP contribution < -0.4 is 0 Å². The zero-order chi connectivity index (χ0) is 7.28. The summed E-state index contributed by atoms with van der Waals surface area (Å²) in [6.07, 6.45) is 2.98. The molecule has 0 aliphatic heterocycles. The van der Waals surface area contributed by atoms with E-state index in [9.17, 15) is 0 Å². The molecule has 0 aromatic carbocycles. The number of hydrogen-bond acceptors (Lipinski definition) is 1. The predicted molar refractivity (Wildman–Crippen MR) is 40.3 cm³/mol. The van der Waals surface area contributed by atoms with E-state index in [-0.39, 0.29) is 0 Å². The Labute approximate surface area is 57.4 Å². The zero-order valence-electron chi connectivity index (χ0n) is 6.52. The van der Waals surface area contributed by atoms with Crippen LogP contribution in [0.4, 0.5) is 0 Å². The van der Waals surface area contributed by atoms with Crippen molar-refractivity contribution in [2.75, 3.05) is 6.61 Å². The summed E-state index contributed by atoms with van der Waals surface area (Å²) in [5, 5.41) is 8.55. The van der Waals surface area contributed by atoms with E-state index in [1.165, 1.54) is 5.57 Å². The number of rotatable bonds is 3. The van der Waals surface area contributed by atoms with Crippen LogP contribution in [0, 0.1) is 5.92 Å². The van der Waals surface area contributed by atoms with Crippen molar-refractivity contribution in [3.8, 4) is 0 Å². The van der Waals surface area contributed by atoms with Crippen LogP contribution in [0.25, 0.3) is 0 Å². The molecular formula is C8H16O. The fourth-order valence-electron chi connectivity index (χ4n) is 0.706. The topological polar surface area (TPSA) is 20.2 Å². The van der Waals surface area contributed by atoms with Gasteiger partial charge in [-0.3, -0.25) is 0 Å². The van der Waals surface area contributed by atoms with Crippen LogP contribution in [0.1, 0.15) is 27.2 Å². The van der Waals surface area contributed by atoms with Crippen molar-refractivity contribution in [1.82, 2.24) is 0 Å². The van der Waals surface area contributed by atoms with Crippen molar-refractivity contribution in [3.05, 3.63) is 11.6 Å². The van der Waals surface area contributed by atoms with Gasteiger partial charge in [-0.1, -0.05) is 18.6 Å². The summed E-state index contributed by atoms with van der Waals surface area (Å²) in [4.78, 5) is 0. The standard InChI is InChI=1S/C8H16O/c1-4-7(2)8(3)5-6-9/h4,8-9H,5-6H2,1-3H3/b7-4+. The van der Waals surface area contributed by atoms with Gasteiger partial charge in [-0.15, -0.1) is 0 Å². The summed E-state index contributed by atoms with van der Waals surface area (Å²) in [5.74, 6) is 0.542. The van der Waals surface area contributed by atoms with E-state index in [0.29, 0.717) is 12.5 Å². The molecule has 54 valence electrons. The van der Waals surface area contributed by atoms with Gasteiger partial charge in [0.2, 0.25) is 0 Å². The van der Waals surface area contributed by atoms with E-state index in [4.69, 9.17) is 5.11 Å². The number of aliphatic hydroxyl groups is 1. The summed E-state index contributed by atoms with van der Waals surface area (Å²) in [6, 6.07) is 0. The lowest BCUT2D eigenvalue weighted by atomic mass is 10.00. The highest BCUT2D eigenvalue weighted by Crippen LogP contribution is 2.11. The van der Waals surface area contributed by atoms with Crippen LogP contribution >= 0.6 is 0 Å². The monoisotopic (exact) mass is 128 g/mol. The molecule has 0 amide bonds. The summed E-state index contributed by atoms with van der Waals surface area (Å²) >= 11 is 0. The lowest BCUT2D eigenvalue weighted by Crippen LogP contribution is -1.98. The lowest BCUT2D eigenvalue weighted by molar-refractivity contribution is 0.271. The van der Waals surface area contributed by atoms with Gasteiger partial charge in [0, 0.05) is 6.61 Å². The minimum Gasteiger partial charge on any atom is -0.396 e. The third-order valence-electron chi connectivity index (χ3n) is 1.79. The van der Waals surface area contributed by atoms with Crippen molar-refractivity contribution in [2.45, 2.75) is 27.2 Å². The summed E-state index contributed by atoms with van der Waals surface area (Å²) < 4.78 is 0. The molecule has 0 aliphatic carbocycles. The first kappa shape index (κ1) is 8.70. The molecular weight excluding hydrogens is 112 g/mol. The Morgan fingerprint density at radius 3 is 2.56 bits per heavy atom. The van der Waals surface area contributed by atoms with E-state index in [1.54, 1.807) is 0 Å². The first-order valence-electron chi connectivity index (χ1n) is 3.46. The highest BCUT2D eigenvalue weighted by molar-refractivity contribution is 4.99. The normalized spacial score (nSPS) is 15.8. The second kappa shape index (κ2) is 4.57. The average molecular weight is 128 g/mol. The maximum atomic E-state index is 8.55. The molecule has 0 aliphatic rings. The highest BCUT2D eigenvalue weighted by atomic mass is 16.3. The van der Waals surface area contributed by atoms with E-state index >= 15 is 0 Å². The number of hydrogen-bond donors (Lipinski definition) is 1. The molecule has 0 rings (SSSR count). The molecule has 0 saturated heterocycles. The Morgan fingerprint density at radius 2 is 2.22 bits per heavy atom. The van der Waals surface area contributed by atoms with E-state index in [0.717, 1.165) is 6.42 Å². The quantitative estimate of drug-likeness (QED) is 0.576. The van der Waals surface area contributed by atoms with E-state index < -0.39 is 0 Å². The molecule has 1 N–H and O–H groups in total. The van der Waals surface area contributed by atoms with Gasteiger partial charge < -0.3 is 5.11 Å². The van der Waals surface area contributed by atoms with Gasteiger partial charge in [-0.2, -0.15) is 0 Å². The largest absolute Gasteiger partial charge is 0.396 e. The smallest absolute Gasteiger partial charge is 0.0436 e. The number of allylic oxidation sites excluding steroid dienone is 2. The third-order valence-corrected chi connectivity index (χ3v) is 1.79. The van der Waals surface area contributed by atoms with Crippen molar-refractivity contribution in [2.24, 2.45) is 5.92 Å². The molecule has 9 heavy (non-hydrogen) atoms. The van der Waals surface area contributed by atoms with Gasteiger partial charge in [0.05, 0.1) is 0 Å². The predicted octanol–water partition coefficient (Wildman–Crippen LogP) is 1.97. The Balaban J connectivity index is 3.59. The maximum absolute atomic E-state index is 8.55. The van der Waals surface area contributed by atoms with E-state index in [1.807, 2.05) is 6.92 Å². The Bertz CT molecular complexity index is 94.7. The summed E-state index contributed by atoms with van der Waals surface area (Å²) in [5.41, 5.74) is 1.36. The molecule has 1 unspecified atom stereocenters. The molecule has 1 atom stereocenters. The fourth-order valence-corrected chi connectivity index (χ4v) is 0.706. The van der Waals surface area contributed by atoms with Crippen LogP contribution in [0.3, 0.4) is 0 Å². The molecule has 1 heteroatoms. The van der Waals surface area contributed by atoms with Gasteiger partial charge in [-0.05, 0) is 26.2 Å². The molecule has 0 saturated carbocycles. The third kappa shape index (κ3) is 3.31. The molecule has 1 nitrogen and oxygen atoms in total. The molecule has 0 aromatic rings. The van der Waals surface area contributed by atoms with Crippen molar-refractivity contribution < 1.29 is 5.11 Å². The average Bonchev–Trinajstić information content (AvgIpc) is 1.87. The van der Waals surface area contributed by atoms with Crippen LogP contribution in [-0.4, -0.2) is 11.7 Å². The summed E-state index contributed by atoms with van der Waals surface area (Å²) in [6.45, 7) is 6.56. The van der Waals surface area contributed by atoms with Crippen molar-refractivity contribution in [3.63, 3.8) is 0 Å². The highest BCUT2D eigenvalue weighted by Gasteiger charge is 2.00. The molecule has 0 aromatic heterocycles. The van der Waals surface area contributed by atoms with E-state index in [2.05, 4.69) is 19.9 Å². The molecule has 0 bridgehead atoms. The zero-order valence-corrected chi connectivity index (χ0v) is 6.52. The Hall–Kier alpha value is -0.300. The van der Waals surface area contributed by atoms with Crippen LogP contribution in [0.5, 0.6) is 0 Å². The second-order valence-electron chi connectivity index (χ2n) is 2.45. The SMILES string of the molecule is C/C=C(\C)C(C)CCO. The molecule has 0 fully saturated rings. The van der Waals surface area contributed by atoms with Crippen molar-refractivity contribution in [1.29, 1.82) is 0 Å².